The van der Waals surface area contributed by atoms with E-state index in [4.69, 9.17) is 10.2 Å². The summed E-state index contributed by atoms with van der Waals surface area (Å²) < 4.78 is 5.31. The highest BCUT2D eigenvalue weighted by Crippen LogP contribution is 2.29. The van der Waals surface area contributed by atoms with E-state index in [1.165, 1.54) is 6.42 Å². The number of nitrogens with two attached hydrogens (primary N) is 1. The maximum absolute atomic E-state index is 12.3. The van der Waals surface area contributed by atoms with Gasteiger partial charge >= 0.3 is 0 Å². The van der Waals surface area contributed by atoms with Crippen molar-refractivity contribution in [3.63, 3.8) is 0 Å². The van der Waals surface area contributed by atoms with Gasteiger partial charge in [0.05, 0.1) is 6.26 Å². The molecule has 3 unspecified atom stereocenters. The molecule has 1 aromatic rings. The fraction of sp³-hybridized carbons (Fsp3) is 0.688. The molecule has 0 spiro atoms. The summed E-state index contributed by atoms with van der Waals surface area (Å²) >= 11 is 0. The number of furan rings is 1. The predicted octanol–water partition coefficient (Wildman–Crippen LogP) is 2.48. The van der Waals surface area contributed by atoms with Crippen LogP contribution in [0, 0.1) is 11.8 Å². The predicted molar refractivity (Wildman–Crippen MR) is 79.1 cm³/mol. The molecule has 0 saturated heterocycles. The Labute approximate surface area is 121 Å². The minimum Gasteiger partial charge on any atom is -0.469 e. The van der Waals surface area contributed by atoms with E-state index >= 15 is 0 Å². The van der Waals surface area contributed by atoms with Gasteiger partial charge in [0.1, 0.15) is 5.76 Å². The first-order valence-corrected chi connectivity index (χ1v) is 7.73. The molecule has 4 heteroatoms. The summed E-state index contributed by atoms with van der Waals surface area (Å²) in [6.45, 7) is 2.68. The van der Waals surface area contributed by atoms with Crippen molar-refractivity contribution in [3.05, 3.63) is 24.2 Å². The molecule has 1 heterocycles. The van der Waals surface area contributed by atoms with Gasteiger partial charge in [-0.2, -0.15) is 0 Å². The Bertz CT molecular complexity index is 403. The van der Waals surface area contributed by atoms with E-state index in [2.05, 4.69) is 12.2 Å². The van der Waals surface area contributed by atoms with Crippen LogP contribution in [-0.2, 0) is 11.2 Å². The molecule has 1 amide bonds. The number of rotatable bonds is 6. The summed E-state index contributed by atoms with van der Waals surface area (Å²) in [6.07, 6.45) is 7.88. The number of nitrogens with one attached hydrogen (secondary N) is 1. The van der Waals surface area contributed by atoms with Crippen LogP contribution >= 0.6 is 0 Å². The van der Waals surface area contributed by atoms with Crippen molar-refractivity contribution in [2.75, 3.05) is 6.54 Å². The van der Waals surface area contributed by atoms with Crippen LogP contribution in [0.4, 0.5) is 0 Å². The molecular weight excluding hydrogens is 252 g/mol. The van der Waals surface area contributed by atoms with Crippen LogP contribution in [0.25, 0.3) is 0 Å². The van der Waals surface area contributed by atoms with E-state index in [0.717, 1.165) is 37.9 Å². The van der Waals surface area contributed by atoms with Crippen molar-refractivity contribution < 1.29 is 9.21 Å². The van der Waals surface area contributed by atoms with Crippen molar-refractivity contribution in [1.82, 2.24) is 5.32 Å². The smallest absolute Gasteiger partial charge is 0.223 e. The molecule has 3 atom stereocenters. The van der Waals surface area contributed by atoms with Crippen LogP contribution in [0.15, 0.2) is 22.8 Å². The molecule has 0 aliphatic heterocycles. The topological polar surface area (TPSA) is 68.3 Å². The van der Waals surface area contributed by atoms with Gasteiger partial charge in [0.2, 0.25) is 5.91 Å². The van der Waals surface area contributed by atoms with Gasteiger partial charge in [0.25, 0.3) is 0 Å². The van der Waals surface area contributed by atoms with Crippen molar-refractivity contribution in [2.24, 2.45) is 17.6 Å². The van der Waals surface area contributed by atoms with Crippen LogP contribution < -0.4 is 11.1 Å². The van der Waals surface area contributed by atoms with E-state index in [1.807, 2.05) is 12.1 Å². The Morgan fingerprint density at radius 3 is 3.00 bits per heavy atom. The lowest BCUT2D eigenvalue weighted by atomic mass is 9.78. The molecule has 1 aliphatic carbocycles. The van der Waals surface area contributed by atoms with E-state index < -0.39 is 0 Å². The second kappa shape index (κ2) is 7.48. The maximum atomic E-state index is 12.3. The van der Waals surface area contributed by atoms with E-state index in [1.54, 1.807) is 6.26 Å². The summed E-state index contributed by atoms with van der Waals surface area (Å²) in [5.74, 6) is 1.64. The second-order valence-electron chi connectivity index (χ2n) is 5.91. The Morgan fingerprint density at radius 1 is 1.50 bits per heavy atom. The molecule has 1 aromatic heterocycles. The van der Waals surface area contributed by atoms with E-state index in [-0.39, 0.29) is 17.9 Å². The second-order valence-corrected chi connectivity index (χ2v) is 5.91. The van der Waals surface area contributed by atoms with E-state index in [9.17, 15) is 4.79 Å². The molecular formula is C16H26N2O2. The number of carbonyl (C=O) groups is 1. The Morgan fingerprint density at radius 2 is 2.30 bits per heavy atom. The molecule has 1 aliphatic rings. The van der Waals surface area contributed by atoms with Gasteiger partial charge < -0.3 is 15.5 Å². The quantitative estimate of drug-likeness (QED) is 0.840. The van der Waals surface area contributed by atoms with Crippen LogP contribution in [0.5, 0.6) is 0 Å². The summed E-state index contributed by atoms with van der Waals surface area (Å²) in [7, 11) is 0. The third-order valence-corrected chi connectivity index (χ3v) is 4.34. The molecule has 20 heavy (non-hydrogen) atoms. The fourth-order valence-corrected chi connectivity index (χ4v) is 3.07. The minimum absolute atomic E-state index is 0.111. The summed E-state index contributed by atoms with van der Waals surface area (Å²) in [4.78, 5) is 12.3. The van der Waals surface area contributed by atoms with E-state index in [0.29, 0.717) is 12.5 Å². The zero-order valence-corrected chi connectivity index (χ0v) is 12.3. The van der Waals surface area contributed by atoms with Gasteiger partial charge in [-0.1, -0.05) is 12.8 Å². The first kappa shape index (κ1) is 15.1. The van der Waals surface area contributed by atoms with Crippen molar-refractivity contribution in [1.29, 1.82) is 0 Å². The first-order valence-electron chi connectivity index (χ1n) is 7.73. The third-order valence-electron chi connectivity index (χ3n) is 4.34. The first-order chi connectivity index (χ1) is 9.70. The molecule has 1 fully saturated rings. The fourth-order valence-electron chi connectivity index (χ4n) is 3.07. The number of aryl methyl sites for hydroxylation is 1. The highest BCUT2D eigenvalue weighted by atomic mass is 16.3. The monoisotopic (exact) mass is 278 g/mol. The lowest BCUT2D eigenvalue weighted by molar-refractivity contribution is -0.128. The molecule has 2 rings (SSSR count). The zero-order valence-electron chi connectivity index (χ0n) is 12.3. The van der Waals surface area contributed by atoms with Gasteiger partial charge in [-0.05, 0) is 50.8 Å². The average molecular weight is 278 g/mol. The minimum atomic E-state index is 0.111. The Kier molecular flexibility index (Phi) is 5.65. The number of hydrogen-bond acceptors (Lipinski definition) is 3. The van der Waals surface area contributed by atoms with Crippen LogP contribution in [-0.4, -0.2) is 18.5 Å². The van der Waals surface area contributed by atoms with Crippen LogP contribution in [0.1, 0.15) is 44.8 Å². The number of carbonyl (C=O) groups excluding carboxylic acids is 1. The largest absolute Gasteiger partial charge is 0.469 e. The normalized spacial score (nSPS) is 24.3. The molecule has 3 N–H and O–H groups in total. The summed E-state index contributed by atoms with van der Waals surface area (Å²) in [5.41, 5.74) is 5.79. The van der Waals surface area contributed by atoms with Gasteiger partial charge in [-0.3, -0.25) is 4.79 Å². The average Bonchev–Trinajstić information content (AvgIpc) is 2.98. The molecule has 112 valence electrons. The number of hydrogen-bond donors (Lipinski definition) is 2. The molecule has 0 radical (unpaired) electrons. The molecule has 0 aromatic carbocycles. The number of amides is 1. The molecule has 4 nitrogen and oxygen atoms in total. The Balaban J connectivity index is 1.77. The zero-order chi connectivity index (χ0) is 14.4. The van der Waals surface area contributed by atoms with Gasteiger partial charge in [-0.25, -0.2) is 0 Å². The van der Waals surface area contributed by atoms with Crippen molar-refractivity contribution >= 4 is 5.91 Å². The lowest BCUT2D eigenvalue weighted by Gasteiger charge is -2.30. The van der Waals surface area contributed by atoms with Crippen molar-refractivity contribution in [2.45, 2.75) is 51.5 Å². The highest BCUT2D eigenvalue weighted by molar-refractivity contribution is 5.79. The molecule has 1 saturated carbocycles. The van der Waals surface area contributed by atoms with Crippen molar-refractivity contribution in [3.8, 4) is 0 Å². The Hall–Kier alpha value is -1.29. The van der Waals surface area contributed by atoms with Gasteiger partial charge in [-0.15, -0.1) is 0 Å². The van der Waals surface area contributed by atoms with Gasteiger partial charge in [0.15, 0.2) is 0 Å². The maximum Gasteiger partial charge on any atom is 0.223 e. The summed E-state index contributed by atoms with van der Waals surface area (Å²) in [5, 5.41) is 3.14. The third kappa shape index (κ3) is 4.10. The highest BCUT2D eigenvalue weighted by Gasteiger charge is 2.30. The van der Waals surface area contributed by atoms with Crippen LogP contribution in [0.3, 0.4) is 0 Å². The summed E-state index contributed by atoms with van der Waals surface area (Å²) in [6, 6.07) is 4.04. The SMILES string of the molecule is CC(CCc1ccco1)NC(=O)C1CCCCC1CN. The lowest BCUT2D eigenvalue weighted by Crippen LogP contribution is -2.43. The standard InChI is InChI=1S/C16H26N2O2/c1-12(8-9-14-6-4-10-20-14)18-16(19)15-7-3-2-5-13(15)11-17/h4,6,10,12-13,15H,2-3,5,7-9,11,17H2,1H3,(H,18,19). The molecule has 0 bridgehead atoms. The van der Waals surface area contributed by atoms with Crippen LogP contribution in [0.2, 0.25) is 0 Å². The van der Waals surface area contributed by atoms with Gasteiger partial charge in [0, 0.05) is 18.4 Å².